The predicted octanol–water partition coefficient (Wildman–Crippen LogP) is 17.6. The predicted molar refractivity (Wildman–Crippen MR) is 305 cm³/mol. The molecule has 346 valence electrons. The van der Waals surface area contributed by atoms with Gasteiger partial charge in [0.2, 0.25) is 0 Å². The Labute approximate surface area is 420 Å². The minimum Gasteiger partial charge on any atom is -0.316 e. The Morgan fingerprint density at radius 2 is 1.11 bits per heavy atom. The van der Waals surface area contributed by atoms with Crippen molar-refractivity contribution in [2.75, 3.05) is 9.80 Å². The molecule has 3 heterocycles. The van der Waals surface area contributed by atoms with E-state index in [0.29, 0.717) is 5.92 Å². The van der Waals surface area contributed by atoms with Crippen molar-refractivity contribution in [3.63, 3.8) is 0 Å². The molecule has 5 heteroatoms. The summed E-state index contributed by atoms with van der Waals surface area (Å²) in [5.41, 5.74) is 18.3. The molecule has 1 atom stereocenters. The molecule has 8 aromatic carbocycles. The van der Waals surface area contributed by atoms with Crippen LogP contribution in [0, 0.1) is 5.92 Å². The molecule has 11 aromatic rings. The van der Waals surface area contributed by atoms with Crippen molar-refractivity contribution in [3.8, 4) is 17.1 Å². The number of hydrogen-bond acceptors (Lipinski definition) is 2. The van der Waals surface area contributed by atoms with Crippen molar-refractivity contribution in [1.29, 1.82) is 0 Å². The Balaban J connectivity index is 0.999. The lowest BCUT2D eigenvalue weighted by Gasteiger charge is -2.30. The van der Waals surface area contributed by atoms with Crippen LogP contribution in [0.25, 0.3) is 72.8 Å². The highest BCUT2D eigenvalue weighted by atomic mass is 15.2. The molecule has 2 aliphatic carbocycles. The first kappa shape index (κ1) is 43.0. The largest absolute Gasteiger partial charge is 0.316 e. The molecule has 5 nitrogen and oxygen atoms in total. The van der Waals surface area contributed by atoms with E-state index in [9.17, 15) is 0 Å². The van der Waals surface area contributed by atoms with Gasteiger partial charge >= 0.3 is 0 Å². The van der Waals surface area contributed by atoms with Gasteiger partial charge in [-0.05, 0) is 153 Å². The molecule has 0 saturated carbocycles. The van der Waals surface area contributed by atoms with Gasteiger partial charge in [-0.3, -0.25) is 0 Å². The van der Waals surface area contributed by atoms with Crippen molar-refractivity contribution in [2.45, 2.75) is 26.2 Å². The zero-order chi connectivity index (χ0) is 48.1. The smallest absolute Gasteiger partial charge is 0.0542 e. The van der Waals surface area contributed by atoms with Gasteiger partial charge in [0.05, 0.1) is 22.1 Å². The lowest BCUT2D eigenvalue weighted by Crippen LogP contribution is -2.21. The molecule has 72 heavy (non-hydrogen) atoms. The van der Waals surface area contributed by atoms with Crippen LogP contribution in [0.3, 0.4) is 0 Å². The fourth-order valence-corrected chi connectivity index (χ4v) is 11.3. The molecule has 0 unspecified atom stereocenters. The first-order chi connectivity index (χ1) is 35.6. The number of allylic oxidation sites excluding steroid dienone is 5. The van der Waals surface area contributed by atoms with Crippen LogP contribution in [-0.2, 0) is 6.42 Å². The number of fused-ring (bicyclic) bond motifs is 7. The molecule has 0 amide bonds. The first-order valence-electron chi connectivity index (χ1n) is 25.2. The lowest BCUT2D eigenvalue weighted by molar-refractivity contribution is 0.725. The molecule has 0 N–H and O–H groups in total. The van der Waals surface area contributed by atoms with E-state index in [2.05, 4.69) is 280 Å². The van der Waals surface area contributed by atoms with E-state index in [-0.39, 0.29) is 0 Å². The van der Waals surface area contributed by atoms with Crippen molar-refractivity contribution in [2.24, 2.45) is 5.92 Å². The maximum absolute atomic E-state index is 4.53. The Kier molecular flexibility index (Phi) is 10.8. The molecule has 0 radical (unpaired) electrons. The number of hydrogen-bond donors (Lipinski definition) is 0. The van der Waals surface area contributed by atoms with Gasteiger partial charge in [0.15, 0.2) is 0 Å². The molecule has 13 rings (SSSR count). The van der Waals surface area contributed by atoms with Crippen LogP contribution in [0.4, 0.5) is 22.7 Å². The van der Waals surface area contributed by atoms with Gasteiger partial charge in [0.25, 0.3) is 0 Å². The van der Waals surface area contributed by atoms with E-state index in [1.165, 1.54) is 49.7 Å². The van der Waals surface area contributed by atoms with E-state index >= 15 is 0 Å². The topological polar surface area (TPSA) is 21.3 Å². The number of para-hydroxylation sites is 5. The van der Waals surface area contributed by atoms with Crippen molar-refractivity contribution < 1.29 is 0 Å². The van der Waals surface area contributed by atoms with E-state index in [0.717, 1.165) is 81.2 Å². The minimum atomic E-state index is 0.381. The third-order valence-electron chi connectivity index (χ3n) is 14.5. The summed E-state index contributed by atoms with van der Waals surface area (Å²) in [4.78, 5) is 4.80. The maximum atomic E-state index is 4.53. The molecule has 0 saturated heterocycles. The van der Waals surface area contributed by atoms with Gasteiger partial charge < -0.3 is 23.5 Å². The molecule has 3 aromatic heterocycles. The van der Waals surface area contributed by atoms with Crippen LogP contribution in [0.5, 0.6) is 0 Å². The van der Waals surface area contributed by atoms with E-state index in [1.54, 1.807) is 0 Å². The Bertz CT molecular complexity index is 3980. The highest BCUT2D eigenvalue weighted by molar-refractivity contribution is 6.10. The first-order valence-corrected chi connectivity index (χ1v) is 25.2. The van der Waals surface area contributed by atoms with E-state index in [1.807, 2.05) is 6.08 Å². The van der Waals surface area contributed by atoms with Crippen LogP contribution in [0.1, 0.15) is 36.6 Å². The van der Waals surface area contributed by atoms with Crippen LogP contribution >= 0.6 is 0 Å². The highest BCUT2D eigenvalue weighted by Gasteiger charge is 2.24. The summed E-state index contributed by atoms with van der Waals surface area (Å²) in [6.45, 7) is 6.83. The molecule has 0 aliphatic heterocycles. The molecule has 2 aliphatic rings. The van der Waals surface area contributed by atoms with E-state index in [4.69, 9.17) is 0 Å². The second kappa shape index (κ2) is 18.0. The molecule has 0 bridgehead atoms. The summed E-state index contributed by atoms with van der Waals surface area (Å²) >= 11 is 0. The zero-order valence-corrected chi connectivity index (χ0v) is 40.3. The van der Waals surface area contributed by atoms with Crippen molar-refractivity contribution in [3.05, 3.63) is 272 Å². The Hall–Kier alpha value is -9.06. The molecular weight excluding hydrogens is 875 g/mol. The summed E-state index contributed by atoms with van der Waals surface area (Å²) in [6.07, 6.45) is 21.3. The number of aromatic nitrogens is 3. The zero-order valence-electron chi connectivity index (χ0n) is 40.3. The second-order valence-electron chi connectivity index (χ2n) is 19.0. The molecular formula is C67H53N5. The van der Waals surface area contributed by atoms with Gasteiger partial charge in [-0.1, -0.05) is 129 Å². The fraction of sp³-hybridized carbons (Fsp3) is 0.0746. The average molecular weight is 928 g/mol. The van der Waals surface area contributed by atoms with Crippen LogP contribution in [0.15, 0.2) is 255 Å². The van der Waals surface area contributed by atoms with Crippen LogP contribution in [-0.4, -0.2) is 13.7 Å². The number of benzene rings is 8. The third-order valence-corrected chi connectivity index (χ3v) is 14.5. The summed E-state index contributed by atoms with van der Waals surface area (Å²) in [7, 11) is 0. The Morgan fingerprint density at radius 1 is 0.528 bits per heavy atom. The summed E-state index contributed by atoms with van der Waals surface area (Å²) in [6, 6.07) is 72.5. The second-order valence-corrected chi connectivity index (χ2v) is 19.0. The van der Waals surface area contributed by atoms with Crippen molar-refractivity contribution in [1.82, 2.24) is 13.7 Å². The maximum Gasteiger partial charge on any atom is 0.0542 e. The minimum absolute atomic E-state index is 0.381. The number of rotatable bonds is 11. The van der Waals surface area contributed by atoms with Gasteiger partial charge in [-0.2, -0.15) is 0 Å². The molecule has 0 spiro atoms. The number of anilines is 4. The monoisotopic (exact) mass is 927 g/mol. The van der Waals surface area contributed by atoms with Gasteiger partial charge in [0, 0.05) is 95.8 Å². The quantitative estimate of drug-likeness (QED) is 0.121. The number of nitrogens with zero attached hydrogens (tertiary/aromatic N) is 5. The van der Waals surface area contributed by atoms with Gasteiger partial charge in [-0.15, -0.1) is 0 Å². The third kappa shape index (κ3) is 7.41. The SMILES string of the molecule is C=C/C(=C\c1cn(-c2ccccc2)c2ccc(N(c3ccccc3)c3ccc4c(c3)c3c(n4-c4ccccc4)CCC=C3)cc12)N(C1=C[C@H](C)CC=C1)c1ccc2c(c1)c1ccccc1n2-c1ccccc1. The van der Waals surface area contributed by atoms with Crippen molar-refractivity contribution >= 4 is 78.5 Å². The molecule has 0 fully saturated rings. The lowest BCUT2D eigenvalue weighted by atomic mass is 9.99. The van der Waals surface area contributed by atoms with Gasteiger partial charge in [-0.25, -0.2) is 0 Å². The summed E-state index contributed by atoms with van der Waals surface area (Å²) in [5, 5.41) is 4.80. The summed E-state index contributed by atoms with van der Waals surface area (Å²) < 4.78 is 7.17. The highest BCUT2D eigenvalue weighted by Crippen LogP contribution is 2.43. The van der Waals surface area contributed by atoms with E-state index < -0.39 is 0 Å². The van der Waals surface area contributed by atoms with Crippen LogP contribution < -0.4 is 9.80 Å². The van der Waals surface area contributed by atoms with Crippen LogP contribution in [0.2, 0.25) is 0 Å². The summed E-state index contributed by atoms with van der Waals surface area (Å²) in [5.74, 6) is 0.381. The average Bonchev–Trinajstić information content (AvgIpc) is 4.09. The fourth-order valence-electron chi connectivity index (χ4n) is 11.3. The standard InChI is InChI=1S/C67H53N5/c1-3-49(69(54-30-20-21-47(2)41-54)56-36-39-66-61(44-56)58-31-16-18-33-64(58)71(66)52-26-12-6-13-27-52)42-48-46-68(50-22-8-4-9-23-50)63-38-35-55(43-60(48)63)70(51-24-10-5-11-25-51)57-37-40-67-62(45-57)59-32-17-19-34-65(59)72(67)53-28-14-7-15-29-53/h3-18,20,22-33,35-47H,1,19,21,34H2,2H3/b49-42+/t47-/m1/s1. The van der Waals surface area contributed by atoms with Gasteiger partial charge in [0.1, 0.15) is 0 Å². The Morgan fingerprint density at radius 3 is 1.82 bits per heavy atom. The normalized spacial score (nSPS) is 14.5.